The second-order valence-corrected chi connectivity index (χ2v) is 11.4. The molecule has 3 aromatic carbocycles. The van der Waals surface area contributed by atoms with Crippen LogP contribution in [0.25, 0.3) is 32.4 Å². The van der Waals surface area contributed by atoms with Crippen LogP contribution in [0.3, 0.4) is 0 Å². The first-order valence-electron chi connectivity index (χ1n) is 13.7. The van der Waals surface area contributed by atoms with E-state index in [9.17, 15) is 0 Å². The quantitative estimate of drug-likeness (QED) is 0.165. The van der Waals surface area contributed by atoms with Gasteiger partial charge in [-0.3, -0.25) is 9.58 Å². The first-order valence-corrected chi connectivity index (χ1v) is 14.6. The minimum absolute atomic E-state index is 0. The number of rotatable bonds is 6. The summed E-state index contributed by atoms with van der Waals surface area (Å²) in [4.78, 5) is 4.17. The Labute approximate surface area is 267 Å². The zero-order chi connectivity index (χ0) is 28.4. The van der Waals surface area contributed by atoms with Crippen molar-refractivity contribution in [2.75, 3.05) is 30.5 Å². The summed E-state index contributed by atoms with van der Waals surface area (Å²) < 4.78 is 16.8. The van der Waals surface area contributed by atoms with E-state index in [1.54, 1.807) is 17.6 Å². The molecule has 0 atom stereocenters. The molecule has 0 aliphatic carbocycles. The Balaban J connectivity index is 0.00000300. The van der Waals surface area contributed by atoms with Gasteiger partial charge >= 0.3 is 21.1 Å². The Kier molecular flexibility index (Phi) is 6.87. The van der Waals surface area contributed by atoms with Crippen LogP contribution in [0.1, 0.15) is 11.3 Å². The second kappa shape index (κ2) is 10.7. The van der Waals surface area contributed by atoms with Crippen LogP contribution in [-0.2, 0) is 27.5 Å². The molecular formula is C33H26N6O2PtS. The van der Waals surface area contributed by atoms with E-state index in [2.05, 4.69) is 63.7 Å². The molecule has 43 heavy (non-hydrogen) atoms. The van der Waals surface area contributed by atoms with E-state index in [1.807, 2.05) is 60.7 Å². The van der Waals surface area contributed by atoms with Gasteiger partial charge in [0.25, 0.3) is 0 Å². The van der Waals surface area contributed by atoms with Crippen molar-refractivity contribution in [3.63, 3.8) is 0 Å². The van der Waals surface area contributed by atoms with Gasteiger partial charge in [-0.15, -0.1) is 22.5 Å². The number of nitrogens with zero attached hydrogens (tertiary/aromatic N) is 6. The molecule has 0 N–H and O–H groups in total. The molecule has 5 heterocycles. The predicted molar refractivity (Wildman–Crippen MR) is 166 cm³/mol. The molecule has 216 valence electrons. The topological polar surface area (TPSA) is 64.5 Å². The van der Waals surface area contributed by atoms with Crippen LogP contribution in [0, 0.1) is 19.1 Å². The van der Waals surface area contributed by atoms with Crippen molar-refractivity contribution >= 4 is 55.5 Å². The van der Waals surface area contributed by atoms with E-state index in [0.29, 0.717) is 6.61 Å². The molecule has 1 aliphatic heterocycles. The third-order valence-electron chi connectivity index (χ3n) is 7.63. The van der Waals surface area contributed by atoms with Crippen LogP contribution in [0.4, 0.5) is 23.1 Å². The van der Waals surface area contributed by atoms with Crippen LogP contribution in [0.15, 0.2) is 82.8 Å². The summed E-state index contributed by atoms with van der Waals surface area (Å²) in [5.74, 6) is 3.29. The van der Waals surface area contributed by atoms with E-state index in [0.717, 1.165) is 68.9 Å². The molecule has 0 unspecified atom stereocenters. The number of hydrogen-bond acceptors (Lipinski definition) is 7. The molecule has 0 saturated carbocycles. The summed E-state index contributed by atoms with van der Waals surface area (Å²) in [5.41, 5.74) is 5.44. The number of aromatic nitrogens is 4. The fourth-order valence-electron chi connectivity index (χ4n) is 5.63. The first-order chi connectivity index (χ1) is 20.5. The van der Waals surface area contributed by atoms with Gasteiger partial charge in [-0.2, -0.15) is 35.4 Å². The Morgan fingerprint density at radius 1 is 0.884 bits per heavy atom. The molecule has 1 aliphatic rings. The van der Waals surface area contributed by atoms with Crippen molar-refractivity contribution in [2.24, 2.45) is 0 Å². The Hall–Kier alpha value is -4.33. The zero-order valence-corrected chi connectivity index (χ0v) is 26.7. The van der Waals surface area contributed by atoms with Gasteiger partial charge in [-0.25, -0.2) is 4.68 Å². The molecule has 0 saturated heterocycles. The molecule has 0 spiro atoms. The summed E-state index contributed by atoms with van der Waals surface area (Å²) >= 11 is 1.73. The Bertz CT molecular complexity index is 2110. The average Bonchev–Trinajstić information content (AvgIpc) is 3.82. The summed E-state index contributed by atoms with van der Waals surface area (Å²) in [5, 5.41) is 14.6. The minimum atomic E-state index is 0. The van der Waals surface area contributed by atoms with Gasteiger partial charge in [0.15, 0.2) is 11.6 Å². The van der Waals surface area contributed by atoms with E-state index in [-0.39, 0.29) is 21.1 Å². The molecule has 0 radical (unpaired) electrons. The smallest absolute Gasteiger partial charge is 0.521 e. The van der Waals surface area contributed by atoms with E-state index >= 15 is 0 Å². The standard InChI is InChI=1S/C33H26N6O2S.Pt/c1-21-18-30(34-38(21)27-8-4-6-22-12-15-41-33(22)27)37(24-10-11-29-23(19-24)14-17-42-29)31-20-32(36(2)3)39(35-31)26-7-5-9-28-25(26)13-16-40-28;/h4-6,9-12,14-15,17-20H,13,16H2,1-3H3;/q-2;+2. The molecule has 4 aromatic heterocycles. The third kappa shape index (κ3) is 4.55. The third-order valence-corrected chi connectivity index (χ3v) is 8.53. The summed E-state index contributed by atoms with van der Waals surface area (Å²) in [7, 11) is 4.05. The number of hydrogen-bond donors (Lipinski definition) is 0. The van der Waals surface area contributed by atoms with Crippen LogP contribution in [0.5, 0.6) is 5.75 Å². The Morgan fingerprint density at radius 3 is 2.58 bits per heavy atom. The molecule has 8 rings (SSSR count). The number of fused-ring (bicyclic) bond motifs is 3. The summed E-state index contributed by atoms with van der Waals surface area (Å²) in [6.07, 6.45) is 2.52. The van der Waals surface area contributed by atoms with Gasteiger partial charge < -0.3 is 14.1 Å². The van der Waals surface area contributed by atoms with Crippen molar-refractivity contribution in [1.82, 2.24) is 19.6 Å². The molecular weight excluding hydrogens is 740 g/mol. The number of anilines is 4. The number of ether oxygens (including phenoxy) is 1. The molecule has 0 amide bonds. The fraction of sp³-hybridized carbons (Fsp3) is 0.152. The van der Waals surface area contributed by atoms with Gasteiger partial charge in [-0.1, -0.05) is 10.9 Å². The maximum absolute atomic E-state index is 5.86. The van der Waals surface area contributed by atoms with Crippen molar-refractivity contribution in [3.8, 4) is 17.1 Å². The van der Waals surface area contributed by atoms with E-state index < -0.39 is 0 Å². The predicted octanol–water partition coefficient (Wildman–Crippen LogP) is 7.40. The zero-order valence-electron chi connectivity index (χ0n) is 23.6. The van der Waals surface area contributed by atoms with Gasteiger partial charge in [0, 0.05) is 53.6 Å². The molecule has 8 nitrogen and oxygen atoms in total. The number of benzene rings is 3. The summed E-state index contributed by atoms with van der Waals surface area (Å²) in [6, 6.07) is 29.2. The van der Waals surface area contributed by atoms with Gasteiger partial charge in [0.2, 0.25) is 0 Å². The number of aryl methyl sites for hydroxylation is 1. The van der Waals surface area contributed by atoms with Crippen molar-refractivity contribution in [2.45, 2.75) is 13.3 Å². The second-order valence-electron chi connectivity index (χ2n) is 10.5. The SMILES string of the molecule is Cc1cc(N(c2ccc3sccc3c2)c2cc(N(C)C)n(-c3[c-]ccc4c3CCO4)n2)nn1-c1[c-]ccc2ccoc12.[Pt+2]. The minimum Gasteiger partial charge on any atom is -0.521 e. The van der Waals surface area contributed by atoms with Crippen LogP contribution < -0.4 is 14.5 Å². The Morgan fingerprint density at radius 2 is 1.70 bits per heavy atom. The maximum Gasteiger partial charge on any atom is 2.00 e. The largest absolute Gasteiger partial charge is 2.00 e. The normalized spacial score (nSPS) is 12.3. The number of thiophene rings is 1. The van der Waals surface area contributed by atoms with Gasteiger partial charge in [0.05, 0.1) is 12.9 Å². The van der Waals surface area contributed by atoms with E-state index in [1.165, 1.54) is 10.1 Å². The molecule has 10 heteroatoms. The van der Waals surface area contributed by atoms with Crippen molar-refractivity contribution < 1.29 is 30.2 Å². The van der Waals surface area contributed by atoms with Crippen molar-refractivity contribution in [3.05, 3.63) is 102 Å². The van der Waals surface area contributed by atoms with E-state index in [4.69, 9.17) is 19.4 Å². The van der Waals surface area contributed by atoms with Gasteiger partial charge in [0.1, 0.15) is 5.82 Å². The maximum atomic E-state index is 5.86. The van der Waals surface area contributed by atoms with Gasteiger partial charge in [-0.05, 0) is 65.8 Å². The fourth-order valence-corrected chi connectivity index (χ4v) is 6.40. The first kappa shape index (κ1) is 27.5. The van der Waals surface area contributed by atoms with Crippen LogP contribution in [0.2, 0.25) is 0 Å². The summed E-state index contributed by atoms with van der Waals surface area (Å²) in [6.45, 7) is 2.70. The molecule has 7 aromatic rings. The average molecular weight is 766 g/mol. The van der Waals surface area contributed by atoms with Crippen LogP contribution >= 0.6 is 11.3 Å². The number of furan rings is 1. The molecule has 0 bridgehead atoms. The van der Waals surface area contributed by atoms with Crippen molar-refractivity contribution in [1.29, 1.82) is 0 Å². The van der Waals surface area contributed by atoms with Crippen LogP contribution in [-0.4, -0.2) is 40.3 Å². The molecule has 0 fully saturated rings. The monoisotopic (exact) mass is 765 g/mol.